The van der Waals surface area contributed by atoms with Crippen molar-refractivity contribution in [2.75, 3.05) is 47.0 Å². The number of likely N-dealkylation sites (tertiary alicyclic amines) is 1. The first kappa shape index (κ1) is 28.0. The van der Waals surface area contributed by atoms with E-state index in [2.05, 4.69) is 0 Å². The molecular weight excluding hydrogens is 524 g/mol. The Bertz CT molecular complexity index is 1450. The first-order valence-corrected chi connectivity index (χ1v) is 13.6. The van der Waals surface area contributed by atoms with E-state index in [4.69, 9.17) is 18.9 Å². The minimum atomic E-state index is -0.828. The van der Waals surface area contributed by atoms with Crippen molar-refractivity contribution in [2.24, 2.45) is 0 Å². The molecule has 1 amide bonds. The molecule has 0 aromatic heterocycles. The maximum Gasteiger partial charge on any atom is 0.295 e. The highest BCUT2D eigenvalue weighted by atomic mass is 16.6. The normalized spacial score (nSPS) is 17.7. The Morgan fingerprint density at radius 1 is 0.951 bits per heavy atom. The fourth-order valence-electron chi connectivity index (χ4n) is 4.93. The van der Waals surface area contributed by atoms with Crippen LogP contribution in [0.1, 0.15) is 29.7 Å². The van der Waals surface area contributed by atoms with E-state index in [0.717, 1.165) is 5.56 Å². The molecule has 0 unspecified atom stereocenters. The van der Waals surface area contributed by atoms with Gasteiger partial charge in [0.2, 0.25) is 0 Å². The van der Waals surface area contributed by atoms with Crippen LogP contribution in [0.25, 0.3) is 5.76 Å². The molecule has 214 valence electrons. The van der Waals surface area contributed by atoms with Crippen molar-refractivity contribution in [3.8, 4) is 23.0 Å². The molecule has 3 aromatic rings. The molecule has 0 aliphatic carbocycles. The van der Waals surface area contributed by atoms with Gasteiger partial charge in [-0.05, 0) is 62.5 Å². The average molecular weight is 559 g/mol. The minimum absolute atomic E-state index is 0.00540. The van der Waals surface area contributed by atoms with Gasteiger partial charge in [0.05, 0.1) is 18.2 Å². The highest BCUT2D eigenvalue weighted by Gasteiger charge is 2.46. The van der Waals surface area contributed by atoms with Crippen molar-refractivity contribution >= 4 is 17.4 Å². The first-order chi connectivity index (χ1) is 19.9. The smallest absolute Gasteiger partial charge is 0.295 e. The number of fused-ring (bicyclic) bond motifs is 1. The zero-order valence-corrected chi connectivity index (χ0v) is 23.5. The summed E-state index contributed by atoms with van der Waals surface area (Å²) in [4.78, 5) is 30.2. The number of nitrogens with zero attached hydrogens (tertiary/aromatic N) is 2. The molecule has 41 heavy (non-hydrogen) atoms. The molecule has 0 radical (unpaired) electrons. The molecule has 1 atom stereocenters. The van der Waals surface area contributed by atoms with Crippen LogP contribution in [0.3, 0.4) is 0 Å². The monoisotopic (exact) mass is 558 g/mol. The number of Topliss-reactive ketones (excluding diaryl/α,β-unsaturated/α-hetero) is 1. The summed E-state index contributed by atoms with van der Waals surface area (Å²) < 4.78 is 23.3. The highest BCUT2D eigenvalue weighted by molar-refractivity contribution is 6.46. The number of likely N-dealkylation sites (N-methyl/N-ethyl adjacent to an activating group) is 1. The third-order valence-corrected chi connectivity index (χ3v) is 6.96. The fourth-order valence-corrected chi connectivity index (χ4v) is 4.93. The topological polar surface area (TPSA) is 97.8 Å². The molecule has 9 heteroatoms. The molecule has 0 spiro atoms. The van der Waals surface area contributed by atoms with Crippen molar-refractivity contribution < 1.29 is 33.6 Å². The lowest BCUT2D eigenvalue weighted by Gasteiger charge is -2.27. The minimum Gasteiger partial charge on any atom is -0.507 e. The van der Waals surface area contributed by atoms with Crippen LogP contribution in [0.2, 0.25) is 0 Å². The third-order valence-electron chi connectivity index (χ3n) is 6.96. The molecule has 5 rings (SSSR count). The highest BCUT2D eigenvalue weighted by Crippen LogP contribution is 2.43. The number of aliphatic hydroxyl groups is 1. The maximum atomic E-state index is 13.5. The van der Waals surface area contributed by atoms with Crippen LogP contribution >= 0.6 is 0 Å². The fraction of sp³-hybridized carbons (Fsp3) is 0.312. The lowest BCUT2D eigenvalue weighted by atomic mass is 9.94. The van der Waals surface area contributed by atoms with Crippen LogP contribution in [-0.2, 0) is 16.2 Å². The molecule has 9 nitrogen and oxygen atoms in total. The Morgan fingerprint density at radius 3 is 2.44 bits per heavy atom. The molecule has 2 aliphatic rings. The van der Waals surface area contributed by atoms with E-state index in [1.807, 2.05) is 56.3 Å². The van der Waals surface area contributed by atoms with Crippen molar-refractivity contribution in [1.82, 2.24) is 9.80 Å². The molecule has 0 saturated carbocycles. The van der Waals surface area contributed by atoms with Crippen LogP contribution in [-0.4, -0.2) is 73.6 Å². The lowest BCUT2D eigenvalue weighted by molar-refractivity contribution is -0.140. The average Bonchev–Trinajstić information content (AvgIpc) is 3.24. The number of carbonyl (C=O) groups is 2. The zero-order chi connectivity index (χ0) is 28.9. The Morgan fingerprint density at radius 2 is 1.71 bits per heavy atom. The summed E-state index contributed by atoms with van der Waals surface area (Å²) in [7, 11) is 3.79. The van der Waals surface area contributed by atoms with Gasteiger partial charge in [0.25, 0.3) is 11.7 Å². The summed E-state index contributed by atoms with van der Waals surface area (Å²) in [5, 5.41) is 11.5. The van der Waals surface area contributed by atoms with E-state index in [0.29, 0.717) is 67.1 Å². The van der Waals surface area contributed by atoms with Gasteiger partial charge in [-0.3, -0.25) is 9.59 Å². The number of hydrogen-bond donors (Lipinski definition) is 1. The second-order valence-corrected chi connectivity index (χ2v) is 10.1. The largest absolute Gasteiger partial charge is 0.507 e. The summed E-state index contributed by atoms with van der Waals surface area (Å²) in [5.41, 5.74) is 2.00. The maximum absolute atomic E-state index is 13.5. The van der Waals surface area contributed by atoms with E-state index in [1.54, 1.807) is 36.4 Å². The number of ketones is 1. The van der Waals surface area contributed by atoms with E-state index in [9.17, 15) is 14.7 Å². The van der Waals surface area contributed by atoms with E-state index in [1.165, 1.54) is 4.90 Å². The quantitative estimate of drug-likeness (QED) is 0.222. The summed E-state index contributed by atoms with van der Waals surface area (Å²) in [6.07, 6.45) is 0. The zero-order valence-electron chi connectivity index (χ0n) is 23.5. The summed E-state index contributed by atoms with van der Waals surface area (Å²) in [6.45, 7) is 4.25. The molecule has 1 N–H and O–H groups in total. The van der Waals surface area contributed by atoms with Gasteiger partial charge in [-0.15, -0.1) is 0 Å². The van der Waals surface area contributed by atoms with Crippen LogP contribution < -0.4 is 18.9 Å². The molecule has 1 saturated heterocycles. The first-order valence-electron chi connectivity index (χ1n) is 13.6. The van der Waals surface area contributed by atoms with Crippen LogP contribution in [0, 0.1) is 0 Å². The standard InChI is InChI=1S/C32H34N2O7/c1-4-38-26-18-22(10-12-25(26)41-20-21-8-6-5-7-9-21)29-28(31(36)32(37)34(29)15-14-33(2)3)30(35)23-11-13-24-27(19-23)40-17-16-39-24/h5-13,18-19,29,35H,4,14-17,20H2,1-3H3/t29-/m1/s1. The van der Waals surface area contributed by atoms with Crippen LogP contribution in [0.4, 0.5) is 0 Å². The van der Waals surface area contributed by atoms with Crippen molar-refractivity contribution in [2.45, 2.75) is 19.6 Å². The van der Waals surface area contributed by atoms with Gasteiger partial charge in [0.15, 0.2) is 23.0 Å². The molecule has 2 aliphatic heterocycles. The number of carbonyl (C=O) groups excluding carboxylic acids is 2. The number of ether oxygens (including phenoxy) is 4. The second-order valence-electron chi connectivity index (χ2n) is 10.1. The van der Waals surface area contributed by atoms with E-state index < -0.39 is 17.7 Å². The number of hydrogen-bond acceptors (Lipinski definition) is 8. The summed E-state index contributed by atoms with van der Waals surface area (Å²) in [6, 6.07) is 19.3. The Labute approximate surface area is 239 Å². The van der Waals surface area contributed by atoms with Gasteiger partial charge >= 0.3 is 0 Å². The Kier molecular flexibility index (Phi) is 8.45. The SMILES string of the molecule is CCOc1cc([C@@H]2C(=C(O)c3ccc4c(c3)OCCO4)C(=O)C(=O)N2CCN(C)C)ccc1OCc1ccccc1. The van der Waals surface area contributed by atoms with Gasteiger partial charge in [-0.25, -0.2) is 0 Å². The van der Waals surface area contributed by atoms with Gasteiger partial charge in [-0.2, -0.15) is 0 Å². The number of amides is 1. The molecule has 0 bridgehead atoms. The number of rotatable bonds is 10. The predicted octanol–water partition coefficient (Wildman–Crippen LogP) is 4.42. The molecule has 1 fully saturated rings. The Balaban J connectivity index is 1.56. The number of aliphatic hydroxyl groups excluding tert-OH is 1. The third kappa shape index (κ3) is 6.00. The van der Waals surface area contributed by atoms with Crippen molar-refractivity contribution in [3.05, 3.63) is 89.0 Å². The van der Waals surface area contributed by atoms with Gasteiger partial charge in [0.1, 0.15) is 25.6 Å². The van der Waals surface area contributed by atoms with Gasteiger partial charge in [0, 0.05) is 18.7 Å². The van der Waals surface area contributed by atoms with E-state index in [-0.39, 0.29) is 17.9 Å². The van der Waals surface area contributed by atoms with Crippen LogP contribution in [0.15, 0.2) is 72.3 Å². The molecule has 3 aromatic carbocycles. The van der Waals surface area contributed by atoms with Gasteiger partial charge in [-0.1, -0.05) is 36.4 Å². The molecular formula is C32H34N2O7. The lowest BCUT2D eigenvalue weighted by Crippen LogP contribution is -2.35. The molecule has 2 heterocycles. The Hall–Kier alpha value is -4.50. The summed E-state index contributed by atoms with van der Waals surface area (Å²) >= 11 is 0. The van der Waals surface area contributed by atoms with Gasteiger partial charge < -0.3 is 33.9 Å². The summed E-state index contributed by atoms with van der Waals surface area (Å²) in [5.74, 6) is 0.359. The number of benzene rings is 3. The predicted molar refractivity (Wildman–Crippen MR) is 153 cm³/mol. The van der Waals surface area contributed by atoms with Crippen molar-refractivity contribution in [3.63, 3.8) is 0 Å². The van der Waals surface area contributed by atoms with Crippen molar-refractivity contribution in [1.29, 1.82) is 0 Å². The van der Waals surface area contributed by atoms with E-state index >= 15 is 0 Å². The second kappa shape index (κ2) is 12.3. The van der Waals surface area contributed by atoms with Crippen LogP contribution in [0.5, 0.6) is 23.0 Å².